The Bertz CT molecular complexity index is 851. The number of nitrogens with one attached hydrogen (secondary N) is 1. The summed E-state index contributed by atoms with van der Waals surface area (Å²) in [4.78, 5) is 24.3. The van der Waals surface area contributed by atoms with Crippen molar-refractivity contribution in [2.24, 2.45) is 0 Å². The average Bonchev–Trinajstić information content (AvgIpc) is 2.47. The summed E-state index contributed by atoms with van der Waals surface area (Å²) in [6.45, 7) is 3.53. The van der Waals surface area contributed by atoms with E-state index in [2.05, 4.69) is 11.2 Å². The van der Waals surface area contributed by atoms with Crippen molar-refractivity contribution in [3.63, 3.8) is 0 Å². The lowest BCUT2D eigenvalue weighted by molar-refractivity contribution is 0.0920. The molecule has 0 bridgehead atoms. The topological polar surface area (TPSA) is 59.3 Å². The van der Waals surface area contributed by atoms with Gasteiger partial charge in [0.25, 0.3) is 5.91 Å². The summed E-state index contributed by atoms with van der Waals surface area (Å²) in [5.41, 5.74) is -1.60. The first kappa shape index (κ1) is 16.4. The fraction of sp³-hybridized carbons (Fsp3) is 0.250. The summed E-state index contributed by atoms with van der Waals surface area (Å²) in [5.74, 6) is 1.89. The highest BCUT2D eigenvalue weighted by molar-refractivity contribution is 6.38. The van der Waals surface area contributed by atoms with E-state index in [0.29, 0.717) is 16.8 Å². The Morgan fingerprint density at radius 3 is 2.68 bits per heavy atom. The molecule has 1 atom stereocenters. The van der Waals surface area contributed by atoms with Gasteiger partial charge in [-0.3, -0.25) is 4.79 Å². The van der Waals surface area contributed by atoms with Crippen LogP contribution in [0.15, 0.2) is 27.4 Å². The summed E-state index contributed by atoms with van der Waals surface area (Å²) in [7, 11) is 0. The van der Waals surface area contributed by atoms with Crippen molar-refractivity contribution in [1.82, 2.24) is 5.32 Å². The van der Waals surface area contributed by atoms with Crippen LogP contribution in [0.25, 0.3) is 11.0 Å². The molecule has 0 unspecified atom stereocenters. The van der Waals surface area contributed by atoms with Crippen molar-refractivity contribution in [2.75, 3.05) is 0 Å². The highest BCUT2D eigenvalue weighted by atomic mass is 35.5. The first-order chi connectivity index (χ1) is 10.3. The number of terminal acetylenes is 1. The van der Waals surface area contributed by atoms with Gasteiger partial charge in [-0.25, -0.2) is 4.79 Å². The van der Waals surface area contributed by atoms with E-state index in [4.69, 9.17) is 34.0 Å². The number of hydrogen-bond acceptors (Lipinski definition) is 3. The van der Waals surface area contributed by atoms with Crippen LogP contribution < -0.4 is 10.9 Å². The second-order valence-electron chi connectivity index (χ2n) is 5.04. The first-order valence-electron chi connectivity index (χ1n) is 6.53. The van der Waals surface area contributed by atoms with Crippen molar-refractivity contribution in [1.29, 1.82) is 0 Å². The number of hydrogen-bond donors (Lipinski definition) is 1. The number of amides is 1. The predicted molar refractivity (Wildman–Crippen MR) is 87.5 cm³/mol. The number of fused-ring (bicyclic) bond motifs is 1. The number of halogens is 2. The standard InChI is InChI=1S/C16H13Cl2NO3/c1-4-16(3,5-2)19-14(20)11-7-9-6-10(17)8-12(18)13(9)22-15(11)21/h1,6-8H,5H2,2-3H3,(H,19,20)/t16-/m1/s1. The molecule has 2 aromatic rings. The monoisotopic (exact) mass is 337 g/mol. The molecule has 114 valence electrons. The summed E-state index contributed by atoms with van der Waals surface area (Å²) in [5, 5.41) is 3.68. The fourth-order valence-corrected chi connectivity index (χ4v) is 2.41. The minimum Gasteiger partial charge on any atom is -0.421 e. The zero-order valence-corrected chi connectivity index (χ0v) is 13.5. The van der Waals surface area contributed by atoms with E-state index in [-0.39, 0.29) is 16.2 Å². The summed E-state index contributed by atoms with van der Waals surface area (Å²) in [6.07, 6.45) is 5.93. The van der Waals surface area contributed by atoms with Crippen LogP contribution in [0.3, 0.4) is 0 Å². The van der Waals surface area contributed by atoms with Gasteiger partial charge in [0.2, 0.25) is 0 Å². The molecule has 0 aliphatic rings. The molecule has 4 nitrogen and oxygen atoms in total. The maximum absolute atomic E-state index is 12.3. The summed E-state index contributed by atoms with van der Waals surface area (Å²) in [6, 6.07) is 4.41. The SMILES string of the molecule is C#C[C@](C)(CC)NC(=O)c1cc2cc(Cl)cc(Cl)c2oc1=O. The molecule has 0 aliphatic heterocycles. The quantitative estimate of drug-likeness (QED) is 0.687. The summed E-state index contributed by atoms with van der Waals surface area (Å²) >= 11 is 11.9. The lowest BCUT2D eigenvalue weighted by atomic mass is 9.99. The maximum atomic E-state index is 12.3. The van der Waals surface area contributed by atoms with E-state index >= 15 is 0 Å². The van der Waals surface area contributed by atoms with Gasteiger partial charge in [0, 0.05) is 10.4 Å². The third-order valence-electron chi connectivity index (χ3n) is 3.41. The van der Waals surface area contributed by atoms with Crippen LogP contribution in [0.5, 0.6) is 0 Å². The van der Waals surface area contributed by atoms with Gasteiger partial charge in [0.05, 0.1) is 10.6 Å². The van der Waals surface area contributed by atoms with Crippen molar-refractivity contribution in [3.8, 4) is 12.3 Å². The lowest BCUT2D eigenvalue weighted by Gasteiger charge is -2.23. The number of carbonyl (C=O) groups is 1. The molecule has 0 saturated heterocycles. The van der Waals surface area contributed by atoms with Gasteiger partial charge in [-0.2, -0.15) is 0 Å². The van der Waals surface area contributed by atoms with Crippen LogP contribution in [0.4, 0.5) is 0 Å². The second-order valence-corrected chi connectivity index (χ2v) is 5.88. The Kier molecular flexibility index (Phi) is 4.50. The van der Waals surface area contributed by atoms with Crippen LogP contribution >= 0.6 is 23.2 Å². The van der Waals surface area contributed by atoms with Crippen LogP contribution in [-0.2, 0) is 0 Å². The maximum Gasteiger partial charge on any atom is 0.349 e. The molecule has 0 aliphatic carbocycles. The van der Waals surface area contributed by atoms with E-state index < -0.39 is 17.1 Å². The van der Waals surface area contributed by atoms with E-state index in [9.17, 15) is 9.59 Å². The largest absolute Gasteiger partial charge is 0.421 e. The molecule has 2 rings (SSSR count). The van der Waals surface area contributed by atoms with E-state index in [1.54, 1.807) is 13.0 Å². The molecule has 1 amide bonds. The Balaban J connectivity index is 2.53. The third-order valence-corrected chi connectivity index (χ3v) is 3.91. The molecule has 0 saturated carbocycles. The average molecular weight is 338 g/mol. The van der Waals surface area contributed by atoms with Gasteiger partial charge in [0.1, 0.15) is 5.56 Å². The summed E-state index contributed by atoms with van der Waals surface area (Å²) < 4.78 is 5.12. The number of benzene rings is 1. The fourth-order valence-electron chi connectivity index (χ4n) is 1.86. The van der Waals surface area contributed by atoms with Crippen LogP contribution in [-0.4, -0.2) is 11.4 Å². The normalized spacial score (nSPS) is 13.4. The van der Waals surface area contributed by atoms with E-state index in [0.717, 1.165) is 0 Å². The molecular weight excluding hydrogens is 325 g/mol. The molecule has 1 aromatic heterocycles. The van der Waals surface area contributed by atoms with E-state index in [1.807, 2.05) is 6.92 Å². The van der Waals surface area contributed by atoms with Crippen molar-refractivity contribution in [3.05, 3.63) is 44.2 Å². The molecule has 0 radical (unpaired) electrons. The predicted octanol–water partition coefficient (Wildman–Crippen LogP) is 3.63. The number of carbonyl (C=O) groups excluding carboxylic acids is 1. The minimum atomic E-state index is -0.843. The van der Waals surface area contributed by atoms with Crippen molar-refractivity contribution < 1.29 is 9.21 Å². The Hall–Kier alpha value is -1.96. The van der Waals surface area contributed by atoms with Crippen molar-refractivity contribution in [2.45, 2.75) is 25.8 Å². The minimum absolute atomic E-state index is 0.152. The van der Waals surface area contributed by atoms with Crippen LogP contribution in [0.1, 0.15) is 30.6 Å². The smallest absolute Gasteiger partial charge is 0.349 e. The van der Waals surface area contributed by atoms with Gasteiger partial charge in [-0.05, 0) is 31.5 Å². The van der Waals surface area contributed by atoms with Gasteiger partial charge < -0.3 is 9.73 Å². The Morgan fingerprint density at radius 2 is 2.09 bits per heavy atom. The Morgan fingerprint density at radius 1 is 1.41 bits per heavy atom. The molecule has 6 heteroatoms. The number of rotatable bonds is 3. The van der Waals surface area contributed by atoms with E-state index in [1.165, 1.54) is 12.1 Å². The lowest BCUT2D eigenvalue weighted by Crippen LogP contribution is -2.45. The first-order valence-corrected chi connectivity index (χ1v) is 7.28. The highest BCUT2D eigenvalue weighted by Gasteiger charge is 2.24. The molecule has 0 spiro atoms. The third kappa shape index (κ3) is 3.11. The Labute approximate surface area is 137 Å². The highest BCUT2D eigenvalue weighted by Crippen LogP contribution is 2.27. The zero-order valence-electron chi connectivity index (χ0n) is 12.0. The molecular formula is C16H13Cl2NO3. The van der Waals surface area contributed by atoms with Crippen LogP contribution in [0, 0.1) is 12.3 Å². The molecule has 1 heterocycles. The molecule has 1 N–H and O–H groups in total. The molecule has 1 aromatic carbocycles. The van der Waals surface area contributed by atoms with Crippen LogP contribution in [0.2, 0.25) is 10.0 Å². The van der Waals surface area contributed by atoms with Gasteiger partial charge in [-0.15, -0.1) is 6.42 Å². The zero-order chi connectivity index (χ0) is 16.5. The second kappa shape index (κ2) is 6.04. The van der Waals surface area contributed by atoms with Crippen molar-refractivity contribution >= 4 is 40.1 Å². The molecule has 22 heavy (non-hydrogen) atoms. The molecule has 0 fully saturated rings. The van der Waals surface area contributed by atoms with Gasteiger partial charge in [0.15, 0.2) is 5.58 Å². The van der Waals surface area contributed by atoms with Gasteiger partial charge in [-0.1, -0.05) is 36.0 Å². The van der Waals surface area contributed by atoms with Gasteiger partial charge >= 0.3 is 5.63 Å².